The molecular formula is C24H24ClF2N5O4S. The molecule has 4 N–H and O–H groups in total. The molecule has 2 heterocycles. The number of aliphatic imine (C=N–C) groups is 1. The van der Waals surface area contributed by atoms with E-state index in [1.165, 1.54) is 31.3 Å². The molecule has 1 aliphatic carbocycles. The van der Waals surface area contributed by atoms with Crippen molar-refractivity contribution in [2.45, 2.75) is 50.0 Å². The van der Waals surface area contributed by atoms with Crippen molar-refractivity contribution in [3.05, 3.63) is 58.4 Å². The molecule has 0 saturated heterocycles. The van der Waals surface area contributed by atoms with Crippen LogP contribution < -0.4 is 16.4 Å². The standard InChI is InChI=1S/C24H24ClF2N5O4S/c1-22(2,3)36-21(35)31-20-32-23(4,16-9-24(16,37-20)19(28)34)13-7-12(8-14(26)17(13)27)30-18(33)15-6-5-11(25)10-29-15/h5-8,10,16H,9H2,1-4H3,(H2,28,34)(H,30,33)(H,31,32,35)/t16-,23+,24?/m0/s1. The van der Waals surface area contributed by atoms with E-state index in [1.54, 1.807) is 20.8 Å². The molecule has 3 atom stereocenters. The van der Waals surface area contributed by atoms with Crippen LogP contribution in [0.1, 0.15) is 50.2 Å². The molecular weight excluding hydrogens is 528 g/mol. The lowest BCUT2D eigenvalue weighted by molar-refractivity contribution is -0.118. The number of alkyl carbamates (subject to hydrolysis) is 1. The summed E-state index contributed by atoms with van der Waals surface area (Å²) in [6, 6.07) is 4.90. The van der Waals surface area contributed by atoms with Crippen molar-refractivity contribution in [1.82, 2.24) is 10.3 Å². The third kappa shape index (κ3) is 5.26. The van der Waals surface area contributed by atoms with Crippen molar-refractivity contribution in [1.29, 1.82) is 0 Å². The number of amides is 3. The summed E-state index contributed by atoms with van der Waals surface area (Å²) in [5, 5.41) is 5.27. The van der Waals surface area contributed by atoms with Crippen LogP contribution in [0, 0.1) is 17.6 Å². The number of nitrogens with one attached hydrogen (secondary N) is 2. The van der Waals surface area contributed by atoms with Crippen LogP contribution in [-0.2, 0) is 15.1 Å². The zero-order valence-electron chi connectivity index (χ0n) is 20.3. The minimum Gasteiger partial charge on any atom is -0.444 e. The maximum atomic E-state index is 15.2. The number of amidine groups is 1. The number of hydrogen-bond donors (Lipinski definition) is 3. The number of primary amides is 1. The molecule has 13 heteroatoms. The van der Waals surface area contributed by atoms with Gasteiger partial charge in [-0.05, 0) is 52.3 Å². The van der Waals surface area contributed by atoms with Crippen molar-refractivity contribution < 1.29 is 27.9 Å². The minimum absolute atomic E-state index is 0.00719. The zero-order valence-corrected chi connectivity index (χ0v) is 21.9. The first kappa shape index (κ1) is 26.8. The van der Waals surface area contributed by atoms with Gasteiger partial charge in [-0.1, -0.05) is 23.4 Å². The molecule has 37 heavy (non-hydrogen) atoms. The Balaban J connectivity index is 1.72. The molecule has 1 aromatic heterocycles. The number of rotatable bonds is 4. The second kappa shape index (κ2) is 9.25. The highest BCUT2D eigenvalue weighted by Crippen LogP contribution is 2.66. The fourth-order valence-corrected chi connectivity index (χ4v) is 5.79. The molecule has 0 radical (unpaired) electrons. The van der Waals surface area contributed by atoms with Crippen molar-refractivity contribution in [2.75, 3.05) is 5.32 Å². The van der Waals surface area contributed by atoms with Gasteiger partial charge in [0.05, 0.1) is 10.6 Å². The third-order valence-corrected chi connectivity index (χ3v) is 7.64. The minimum atomic E-state index is -1.51. The topological polar surface area (TPSA) is 136 Å². The van der Waals surface area contributed by atoms with Gasteiger partial charge in [-0.15, -0.1) is 0 Å². The number of hydrogen-bond acceptors (Lipinski definition) is 7. The fourth-order valence-electron chi connectivity index (χ4n) is 4.24. The first-order valence-corrected chi connectivity index (χ1v) is 12.4. The number of carbonyl (C=O) groups excluding carboxylic acids is 3. The maximum Gasteiger partial charge on any atom is 0.413 e. The highest BCUT2D eigenvalue weighted by molar-refractivity contribution is 8.16. The largest absolute Gasteiger partial charge is 0.444 e. The Hall–Kier alpha value is -3.25. The maximum absolute atomic E-state index is 15.2. The average Bonchev–Trinajstić information content (AvgIpc) is 3.52. The second-order valence-electron chi connectivity index (χ2n) is 9.94. The van der Waals surface area contributed by atoms with Crippen LogP contribution in [0.4, 0.5) is 19.3 Å². The number of thioether (sulfide) groups is 1. The summed E-state index contributed by atoms with van der Waals surface area (Å²) >= 11 is 6.75. The van der Waals surface area contributed by atoms with Crippen molar-refractivity contribution in [3.8, 4) is 0 Å². The van der Waals surface area contributed by atoms with E-state index in [4.69, 9.17) is 22.1 Å². The molecule has 2 aliphatic rings. The predicted molar refractivity (Wildman–Crippen MR) is 135 cm³/mol. The Morgan fingerprint density at radius 1 is 1.22 bits per heavy atom. The van der Waals surface area contributed by atoms with Gasteiger partial charge in [0, 0.05) is 29.4 Å². The number of pyridine rings is 1. The van der Waals surface area contributed by atoms with Gasteiger partial charge >= 0.3 is 6.09 Å². The number of carbonyl (C=O) groups is 3. The Morgan fingerprint density at radius 3 is 2.51 bits per heavy atom. The smallest absolute Gasteiger partial charge is 0.413 e. The molecule has 2 aromatic rings. The quantitative estimate of drug-likeness (QED) is 0.517. The van der Waals surface area contributed by atoms with Crippen molar-refractivity contribution >= 4 is 52.1 Å². The predicted octanol–water partition coefficient (Wildman–Crippen LogP) is 4.35. The molecule has 1 unspecified atom stereocenters. The number of anilines is 1. The number of aromatic nitrogens is 1. The molecule has 1 saturated carbocycles. The van der Waals surface area contributed by atoms with E-state index in [-0.39, 0.29) is 28.5 Å². The van der Waals surface area contributed by atoms with Crippen LogP contribution in [0.3, 0.4) is 0 Å². The van der Waals surface area contributed by atoms with Gasteiger partial charge in [-0.3, -0.25) is 19.9 Å². The average molecular weight is 552 g/mol. The van der Waals surface area contributed by atoms with Crippen LogP contribution >= 0.6 is 23.4 Å². The molecule has 1 aromatic carbocycles. The Kier molecular flexibility index (Phi) is 6.70. The Morgan fingerprint density at radius 2 is 1.92 bits per heavy atom. The van der Waals surface area contributed by atoms with E-state index >= 15 is 4.39 Å². The van der Waals surface area contributed by atoms with Gasteiger partial charge in [0.15, 0.2) is 16.8 Å². The van der Waals surface area contributed by atoms with Gasteiger partial charge in [0.1, 0.15) is 16.0 Å². The second-order valence-corrected chi connectivity index (χ2v) is 11.7. The first-order chi connectivity index (χ1) is 17.1. The van der Waals surface area contributed by atoms with Gasteiger partial charge in [-0.2, -0.15) is 0 Å². The van der Waals surface area contributed by atoms with E-state index in [0.717, 1.165) is 17.8 Å². The van der Waals surface area contributed by atoms with E-state index in [2.05, 4.69) is 20.6 Å². The molecule has 1 fully saturated rings. The van der Waals surface area contributed by atoms with E-state index < -0.39 is 51.3 Å². The van der Waals surface area contributed by atoms with Crippen LogP contribution in [0.2, 0.25) is 5.02 Å². The van der Waals surface area contributed by atoms with Gasteiger partial charge < -0.3 is 15.8 Å². The van der Waals surface area contributed by atoms with Crippen molar-refractivity contribution in [2.24, 2.45) is 16.6 Å². The van der Waals surface area contributed by atoms with Crippen LogP contribution in [0.15, 0.2) is 35.5 Å². The van der Waals surface area contributed by atoms with E-state index in [1.807, 2.05) is 0 Å². The van der Waals surface area contributed by atoms with E-state index in [9.17, 15) is 18.8 Å². The number of nitrogens with two attached hydrogens (primary N) is 1. The zero-order chi connectivity index (χ0) is 27.3. The lowest BCUT2D eigenvalue weighted by atomic mass is 9.85. The lowest BCUT2D eigenvalue weighted by Gasteiger charge is -2.34. The summed E-state index contributed by atoms with van der Waals surface area (Å²) in [6.07, 6.45) is 0.667. The van der Waals surface area contributed by atoms with Crippen LogP contribution in [0.5, 0.6) is 0 Å². The summed E-state index contributed by atoms with van der Waals surface area (Å²) < 4.78 is 34.1. The number of fused-ring (bicyclic) bond motifs is 1. The molecule has 196 valence electrons. The first-order valence-electron chi connectivity index (χ1n) is 11.2. The number of benzene rings is 1. The van der Waals surface area contributed by atoms with Gasteiger partial charge in [-0.25, -0.2) is 18.6 Å². The van der Waals surface area contributed by atoms with Gasteiger partial charge in [0.25, 0.3) is 5.91 Å². The SMILES string of the molecule is CC(C)(C)OC(=O)NC1=N[C@](C)(c2cc(NC(=O)c3ccc(Cl)cn3)cc(F)c2F)[C@@H]2CC2(C(N)=O)S1. The highest BCUT2D eigenvalue weighted by Gasteiger charge is 2.70. The number of nitrogens with zero attached hydrogens (tertiary/aromatic N) is 2. The third-order valence-electron chi connectivity index (χ3n) is 6.02. The van der Waals surface area contributed by atoms with Crippen LogP contribution in [0.25, 0.3) is 0 Å². The normalized spacial score (nSPS) is 24.4. The molecule has 9 nitrogen and oxygen atoms in total. The summed E-state index contributed by atoms with van der Waals surface area (Å²) in [5.41, 5.74) is 3.09. The molecule has 3 amide bonds. The summed E-state index contributed by atoms with van der Waals surface area (Å²) in [7, 11) is 0. The lowest BCUT2D eigenvalue weighted by Crippen LogP contribution is -2.45. The molecule has 0 bridgehead atoms. The fraction of sp³-hybridized carbons (Fsp3) is 0.375. The molecule has 0 spiro atoms. The number of ether oxygens (including phenoxy) is 1. The summed E-state index contributed by atoms with van der Waals surface area (Å²) in [6.45, 7) is 6.53. The highest BCUT2D eigenvalue weighted by atomic mass is 35.5. The summed E-state index contributed by atoms with van der Waals surface area (Å²) in [4.78, 5) is 45.8. The molecule has 1 aliphatic heterocycles. The van der Waals surface area contributed by atoms with Gasteiger partial charge in [0.2, 0.25) is 5.91 Å². The Labute approximate surface area is 220 Å². The molecule has 4 rings (SSSR count). The Bertz CT molecular complexity index is 1330. The monoisotopic (exact) mass is 551 g/mol. The van der Waals surface area contributed by atoms with Crippen molar-refractivity contribution in [3.63, 3.8) is 0 Å². The summed E-state index contributed by atoms with van der Waals surface area (Å²) in [5.74, 6) is -4.39. The number of halogens is 3. The van der Waals surface area contributed by atoms with Crippen LogP contribution in [-0.4, -0.2) is 38.4 Å². The van der Waals surface area contributed by atoms with E-state index in [0.29, 0.717) is 5.02 Å².